The maximum Gasteiger partial charge on any atom is 0.209 e. The molecule has 0 atom stereocenters. The molecule has 0 aliphatic carbocycles. The van der Waals surface area contributed by atoms with E-state index in [0.717, 1.165) is 6.07 Å². The Balaban J connectivity index is 2.53. The SMILES string of the molecule is CSc1nnc(-c2ccc(F)cc2F)c(C)n1. The van der Waals surface area contributed by atoms with E-state index in [1.807, 2.05) is 6.26 Å². The molecule has 0 amide bonds. The van der Waals surface area contributed by atoms with Gasteiger partial charge in [0, 0.05) is 11.6 Å². The maximum atomic E-state index is 13.6. The zero-order valence-corrected chi connectivity index (χ0v) is 10.1. The van der Waals surface area contributed by atoms with Gasteiger partial charge in [-0.2, -0.15) is 0 Å². The van der Waals surface area contributed by atoms with E-state index < -0.39 is 11.6 Å². The molecule has 0 saturated heterocycles. The number of rotatable bonds is 2. The molecule has 0 N–H and O–H groups in total. The highest BCUT2D eigenvalue weighted by atomic mass is 32.2. The summed E-state index contributed by atoms with van der Waals surface area (Å²) in [7, 11) is 0. The van der Waals surface area contributed by atoms with Crippen molar-refractivity contribution in [2.45, 2.75) is 12.1 Å². The Morgan fingerprint density at radius 3 is 2.53 bits per heavy atom. The molecule has 1 aromatic heterocycles. The highest BCUT2D eigenvalue weighted by molar-refractivity contribution is 7.98. The second-order valence-electron chi connectivity index (χ2n) is 3.36. The normalized spacial score (nSPS) is 10.6. The summed E-state index contributed by atoms with van der Waals surface area (Å²) in [6.45, 7) is 1.71. The van der Waals surface area contributed by atoms with E-state index in [2.05, 4.69) is 15.2 Å². The molecule has 0 unspecified atom stereocenters. The van der Waals surface area contributed by atoms with Gasteiger partial charge in [0.05, 0.1) is 5.69 Å². The summed E-state index contributed by atoms with van der Waals surface area (Å²) in [5, 5.41) is 8.28. The van der Waals surface area contributed by atoms with E-state index in [9.17, 15) is 8.78 Å². The van der Waals surface area contributed by atoms with Crippen molar-refractivity contribution in [2.75, 3.05) is 6.26 Å². The minimum absolute atomic E-state index is 0.205. The smallest absolute Gasteiger partial charge is 0.209 e. The van der Waals surface area contributed by atoms with Gasteiger partial charge >= 0.3 is 0 Å². The first kappa shape index (κ1) is 11.9. The summed E-state index contributed by atoms with van der Waals surface area (Å²) in [4.78, 5) is 4.16. The van der Waals surface area contributed by atoms with Gasteiger partial charge in [0.15, 0.2) is 0 Å². The van der Waals surface area contributed by atoms with Crippen LogP contribution in [0.1, 0.15) is 5.69 Å². The van der Waals surface area contributed by atoms with Crippen LogP contribution in [-0.4, -0.2) is 21.4 Å². The van der Waals surface area contributed by atoms with Gasteiger partial charge in [-0.3, -0.25) is 0 Å². The van der Waals surface area contributed by atoms with Crippen molar-refractivity contribution >= 4 is 11.8 Å². The van der Waals surface area contributed by atoms with Crippen molar-refractivity contribution in [1.82, 2.24) is 15.2 Å². The number of hydrogen-bond donors (Lipinski definition) is 0. The second kappa shape index (κ2) is 4.75. The standard InChI is InChI=1S/C11H9F2N3S/c1-6-10(15-16-11(14-6)17-2)8-4-3-7(12)5-9(8)13/h3-5H,1-2H3. The van der Waals surface area contributed by atoms with Gasteiger partial charge in [-0.05, 0) is 25.3 Å². The van der Waals surface area contributed by atoms with Gasteiger partial charge in [0.2, 0.25) is 5.16 Å². The van der Waals surface area contributed by atoms with E-state index >= 15 is 0 Å². The van der Waals surface area contributed by atoms with Crippen LogP contribution in [0.4, 0.5) is 8.78 Å². The first-order valence-corrected chi connectivity index (χ1v) is 6.05. The first-order chi connectivity index (χ1) is 8.11. The Morgan fingerprint density at radius 1 is 1.18 bits per heavy atom. The molecule has 0 aliphatic heterocycles. The van der Waals surface area contributed by atoms with Crippen LogP contribution in [0.15, 0.2) is 23.4 Å². The number of aryl methyl sites for hydroxylation is 1. The van der Waals surface area contributed by atoms with E-state index in [4.69, 9.17) is 0 Å². The Bertz CT molecular complexity index is 560. The largest absolute Gasteiger partial charge is 0.224 e. The quantitative estimate of drug-likeness (QED) is 0.771. The second-order valence-corrected chi connectivity index (χ2v) is 4.13. The molecule has 0 aliphatic rings. The monoisotopic (exact) mass is 253 g/mol. The maximum absolute atomic E-state index is 13.6. The predicted molar refractivity (Wildman–Crippen MR) is 61.7 cm³/mol. The van der Waals surface area contributed by atoms with Crippen molar-refractivity contribution in [3.05, 3.63) is 35.5 Å². The fourth-order valence-corrected chi connectivity index (χ4v) is 1.75. The lowest BCUT2D eigenvalue weighted by Gasteiger charge is -2.05. The Hall–Kier alpha value is -1.56. The van der Waals surface area contributed by atoms with E-state index in [0.29, 0.717) is 16.5 Å². The van der Waals surface area contributed by atoms with Crippen molar-refractivity contribution in [3.63, 3.8) is 0 Å². The molecule has 2 aromatic rings. The summed E-state index contributed by atoms with van der Waals surface area (Å²) in [6.07, 6.45) is 1.83. The molecule has 0 radical (unpaired) electrons. The molecule has 1 heterocycles. The summed E-state index contributed by atoms with van der Waals surface area (Å²) >= 11 is 1.36. The molecule has 6 heteroatoms. The van der Waals surface area contributed by atoms with Crippen LogP contribution >= 0.6 is 11.8 Å². The summed E-state index contributed by atoms with van der Waals surface area (Å²) in [6, 6.07) is 3.34. The summed E-state index contributed by atoms with van der Waals surface area (Å²) in [5.41, 5.74) is 1.10. The minimum atomic E-state index is -0.666. The van der Waals surface area contributed by atoms with Gasteiger partial charge in [-0.25, -0.2) is 13.8 Å². The molecule has 17 heavy (non-hydrogen) atoms. The lowest BCUT2D eigenvalue weighted by Crippen LogP contribution is -1.99. The third kappa shape index (κ3) is 2.41. The average Bonchev–Trinajstić information content (AvgIpc) is 2.30. The average molecular weight is 253 g/mol. The fraction of sp³-hybridized carbons (Fsp3) is 0.182. The van der Waals surface area contributed by atoms with Crippen LogP contribution < -0.4 is 0 Å². The molecule has 0 saturated carbocycles. The van der Waals surface area contributed by atoms with Crippen LogP contribution in [-0.2, 0) is 0 Å². The molecule has 88 valence electrons. The van der Waals surface area contributed by atoms with Gasteiger partial charge in [0.1, 0.15) is 17.3 Å². The van der Waals surface area contributed by atoms with Crippen LogP contribution in [0.25, 0.3) is 11.3 Å². The van der Waals surface area contributed by atoms with Gasteiger partial charge < -0.3 is 0 Å². The zero-order chi connectivity index (χ0) is 12.4. The molecular formula is C11H9F2N3S. The minimum Gasteiger partial charge on any atom is -0.224 e. The molecular weight excluding hydrogens is 244 g/mol. The molecule has 0 spiro atoms. The van der Waals surface area contributed by atoms with E-state index in [1.54, 1.807) is 6.92 Å². The Labute approximate surface area is 101 Å². The lowest BCUT2D eigenvalue weighted by atomic mass is 10.1. The molecule has 0 fully saturated rings. The number of hydrogen-bond acceptors (Lipinski definition) is 4. The number of thioether (sulfide) groups is 1. The fourth-order valence-electron chi connectivity index (χ4n) is 1.40. The summed E-state index contributed by atoms with van der Waals surface area (Å²) in [5.74, 6) is -1.29. The molecule has 2 rings (SSSR count). The van der Waals surface area contributed by atoms with Crippen molar-refractivity contribution in [3.8, 4) is 11.3 Å². The Morgan fingerprint density at radius 2 is 1.94 bits per heavy atom. The van der Waals surface area contributed by atoms with Gasteiger partial charge in [-0.15, -0.1) is 10.2 Å². The van der Waals surface area contributed by atoms with Crippen LogP contribution in [0, 0.1) is 18.6 Å². The number of benzene rings is 1. The van der Waals surface area contributed by atoms with Gasteiger partial charge in [0.25, 0.3) is 0 Å². The van der Waals surface area contributed by atoms with E-state index in [-0.39, 0.29) is 5.56 Å². The van der Waals surface area contributed by atoms with E-state index in [1.165, 1.54) is 23.9 Å². The van der Waals surface area contributed by atoms with Crippen molar-refractivity contribution in [1.29, 1.82) is 0 Å². The summed E-state index contributed by atoms with van der Waals surface area (Å²) < 4.78 is 26.3. The van der Waals surface area contributed by atoms with Crippen LogP contribution in [0.2, 0.25) is 0 Å². The molecule has 1 aromatic carbocycles. The number of aromatic nitrogens is 3. The lowest BCUT2D eigenvalue weighted by molar-refractivity contribution is 0.584. The predicted octanol–water partition coefficient (Wildman–Crippen LogP) is 2.85. The van der Waals surface area contributed by atoms with Gasteiger partial charge in [-0.1, -0.05) is 11.8 Å². The van der Waals surface area contributed by atoms with Crippen LogP contribution in [0.3, 0.4) is 0 Å². The molecule has 3 nitrogen and oxygen atoms in total. The topological polar surface area (TPSA) is 38.7 Å². The molecule has 0 bridgehead atoms. The third-order valence-electron chi connectivity index (χ3n) is 2.21. The number of halogens is 2. The van der Waals surface area contributed by atoms with Crippen molar-refractivity contribution < 1.29 is 8.78 Å². The number of nitrogens with zero attached hydrogens (tertiary/aromatic N) is 3. The Kier molecular flexibility index (Phi) is 3.33. The third-order valence-corrected chi connectivity index (χ3v) is 2.75. The highest BCUT2D eigenvalue weighted by Crippen LogP contribution is 2.23. The van der Waals surface area contributed by atoms with Crippen molar-refractivity contribution in [2.24, 2.45) is 0 Å². The van der Waals surface area contributed by atoms with Crippen LogP contribution in [0.5, 0.6) is 0 Å². The highest BCUT2D eigenvalue weighted by Gasteiger charge is 2.12. The first-order valence-electron chi connectivity index (χ1n) is 4.82. The zero-order valence-electron chi connectivity index (χ0n) is 9.24.